The molecule has 154 valence electrons. The Morgan fingerprint density at radius 2 is 2.21 bits per heavy atom. The number of carbonyl (C=O) groups excluding carboxylic acids is 1. The molecule has 8 heteroatoms. The number of nitrogens with one attached hydrogen (secondary N) is 1. The van der Waals surface area contributed by atoms with Crippen LogP contribution in [0.15, 0.2) is 40.8 Å². The van der Waals surface area contributed by atoms with Crippen LogP contribution in [0.3, 0.4) is 0 Å². The zero-order chi connectivity index (χ0) is 21.0. The van der Waals surface area contributed by atoms with Crippen molar-refractivity contribution in [3.8, 4) is 11.5 Å². The number of methoxy groups -OCH3 is 1. The van der Waals surface area contributed by atoms with Gasteiger partial charge in [0.25, 0.3) is 5.56 Å². The molecule has 0 bridgehead atoms. The van der Waals surface area contributed by atoms with Gasteiger partial charge in [0.2, 0.25) is 5.91 Å². The summed E-state index contributed by atoms with van der Waals surface area (Å²) in [6.07, 6.45) is 2.70. The van der Waals surface area contributed by atoms with Crippen molar-refractivity contribution >= 4 is 23.5 Å². The van der Waals surface area contributed by atoms with Crippen molar-refractivity contribution in [1.29, 1.82) is 0 Å². The molecule has 0 saturated heterocycles. The molecule has 3 rings (SSSR count). The number of rotatable bonds is 8. The number of anilines is 1. The molecule has 1 aliphatic heterocycles. The Hall–Kier alpha value is -2.74. The van der Waals surface area contributed by atoms with Crippen LogP contribution in [-0.4, -0.2) is 34.9 Å². The van der Waals surface area contributed by atoms with Crippen molar-refractivity contribution in [1.82, 2.24) is 9.55 Å². The smallest absolute Gasteiger partial charge is 0.279 e. The highest BCUT2D eigenvalue weighted by Gasteiger charge is 2.34. The van der Waals surface area contributed by atoms with Crippen molar-refractivity contribution in [2.45, 2.75) is 30.8 Å². The van der Waals surface area contributed by atoms with Gasteiger partial charge in [-0.2, -0.15) is 4.98 Å². The topological polar surface area (TPSA) is 82.5 Å². The van der Waals surface area contributed by atoms with Crippen molar-refractivity contribution in [2.24, 2.45) is 7.05 Å². The average Bonchev–Trinajstić information content (AvgIpc) is 2.72. The van der Waals surface area contributed by atoms with Gasteiger partial charge in [0, 0.05) is 30.7 Å². The second-order valence-corrected chi connectivity index (χ2v) is 7.64. The van der Waals surface area contributed by atoms with E-state index in [1.165, 1.54) is 11.8 Å². The molecule has 1 aliphatic rings. The van der Waals surface area contributed by atoms with E-state index in [-0.39, 0.29) is 17.9 Å². The minimum atomic E-state index is -0.467. The van der Waals surface area contributed by atoms with Gasteiger partial charge in [0.1, 0.15) is 5.82 Å². The van der Waals surface area contributed by atoms with E-state index < -0.39 is 5.92 Å². The number of nitrogens with zero attached hydrogens (tertiary/aromatic N) is 2. The van der Waals surface area contributed by atoms with Crippen molar-refractivity contribution in [3.63, 3.8) is 0 Å². The fraction of sp³-hybridized carbons (Fsp3) is 0.381. The SMILES string of the molecule is C=CCSc1nc(=O)c2c(n1C)NC(=O)CC2c1cccc(OC)c1OCCC. The molecule has 1 N–H and O–H groups in total. The van der Waals surface area contributed by atoms with E-state index >= 15 is 0 Å². The molecule has 0 aliphatic carbocycles. The maximum Gasteiger partial charge on any atom is 0.279 e. The van der Waals surface area contributed by atoms with Gasteiger partial charge in [0.05, 0.1) is 19.3 Å². The molecule has 2 heterocycles. The fourth-order valence-electron chi connectivity index (χ4n) is 3.39. The maximum atomic E-state index is 13.0. The van der Waals surface area contributed by atoms with Crippen LogP contribution in [-0.2, 0) is 11.8 Å². The Morgan fingerprint density at radius 3 is 2.90 bits per heavy atom. The van der Waals surface area contributed by atoms with E-state index in [1.807, 2.05) is 25.1 Å². The Bertz CT molecular complexity index is 987. The third-order valence-corrected chi connectivity index (χ3v) is 5.71. The highest BCUT2D eigenvalue weighted by atomic mass is 32.2. The number of aromatic nitrogens is 2. The number of ether oxygens (including phenoxy) is 2. The quantitative estimate of drug-likeness (QED) is 0.405. The van der Waals surface area contributed by atoms with Gasteiger partial charge in [-0.25, -0.2) is 0 Å². The van der Waals surface area contributed by atoms with Crippen molar-refractivity contribution in [3.05, 3.63) is 52.3 Å². The lowest BCUT2D eigenvalue weighted by Gasteiger charge is -2.29. The molecule has 0 radical (unpaired) electrons. The molecule has 1 atom stereocenters. The molecule has 1 amide bonds. The maximum absolute atomic E-state index is 13.0. The van der Waals surface area contributed by atoms with Crippen molar-refractivity contribution < 1.29 is 14.3 Å². The third kappa shape index (κ3) is 4.17. The molecule has 29 heavy (non-hydrogen) atoms. The van der Waals surface area contributed by atoms with Crippen LogP contribution in [0.25, 0.3) is 0 Å². The summed E-state index contributed by atoms with van der Waals surface area (Å²) in [6, 6.07) is 5.52. The predicted octanol–water partition coefficient (Wildman–Crippen LogP) is 3.33. The van der Waals surface area contributed by atoms with E-state index in [0.717, 1.165) is 12.0 Å². The zero-order valence-corrected chi connectivity index (χ0v) is 17.7. The van der Waals surface area contributed by atoms with E-state index in [9.17, 15) is 9.59 Å². The van der Waals surface area contributed by atoms with Crippen molar-refractivity contribution in [2.75, 3.05) is 24.8 Å². The highest BCUT2D eigenvalue weighted by molar-refractivity contribution is 7.99. The largest absolute Gasteiger partial charge is 0.493 e. The molecule has 2 aromatic rings. The van der Waals surface area contributed by atoms with E-state index in [4.69, 9.17) is 9.47 Å². The number of fused-ring (bicyclic) bond motifs is 1. The molecule has 0 fully saturated rings. The monoisotopic (exact) mass is 415 g/mol. The zero-order valence-electron chi connectivity index (χ0n) is 16.9. The Labute approximate surface area is 174 Å². The minimum Gasteiger partial charge on any atom is -0.493 e. The second-order valence-electron chi connectivity index (χ2n) is 6.65. The second kappa shape index (κ2) is 9.17. The van der Waals surface area contributed by atoms with E-state index in [1.54, 1.807) is 24.8 Å². The number of para-hydroxylation sites is 1. The lowest BCUT2D eigenvalue weighted by Crippen LogP contribution is -2.33. The first-order valence-electron chi connectivity index (χ1n) is 9.45. The molecule has 1 aromatic heterocycles. The normalized spacial score (nSPS) is 15.4. The number of hydrogen-bond donors (Lipinski definition) is 1. The van der Waals surface area contributed by atoms with Gasteiger partial charge in [-0.1, -0.05) is 36.9 Å². The summed E-state index contributed by atoms with van der Waals surface area (Å²) in [7, 11) is 3.36. The summed E-state index contributed by atoms with van der Waals surface area (Å²) in [5.74, 6) is 1.60. The van der Waals surface area contributed by atoms with E-state index in [2.05, 4.69) is 16.9 Å². The first-order valence-corrected chi connectivity index (χ1v) is 10.4. The van der Waals surface area contributed by atoms with Crippen LogP contribution in [0.4, 0.5) is 5.82 Å². The summed E-state index contributed by atoms with van der Waals surface area (Å²) in [6.45, 7) is 6.22. The molecular weight excluding hydrogens is 390 g/mol. The van der Waals surface area contributed by atoms with Crippen LogP contribution in [0.1, 0.15) is 36.8 Å². The Kier molecular flexibility index (Phi) is 6.64. The number of carbonyl (C=O) groups is 1. The molecule has 1 unspecified atom stereocenters. The molecule has 0 saturated carbocycles. The van der Waals surface area contributed by atoms with Gasteiger partial charge in [-0.15, -0.1) is 6.58 Å². The first-order chi connectivity index (χ1) is 14.0. The lowest BCUT2D eigenvalue weighted by atomic mass is 9.86. The Morgan fingerprint density at radius 1 is 1.41 bits per heavy atom. The summed E-state index contributed by atoms with van der Waals surface area (Å²) >= 11 is 1.39. The molecule has 7 nitrogen and oxygen atoms in total. The highest BCUT2D eigenvalue weighted by Crippen LogP contribution is 2.43. The average molecular weight is 416 g/mol. The summed E-state index contributed by atoms with van der Waals surface area (Å²) in [4.78, 5) is 29.8. The summed E-state index contributed by atoms with van der Waals surface area (Å²) in [5, 5.41) is 3.38. The third-order valence-electron chi connectivity index (χ3n) is 4.69. The standard InChI is InChI=1S/C21H25N3O4S/c1-5-10-28-18-13(8-7-9-15(18)27-4)14-12-16(25)22-19-17(14)20(26)23-21(24(19)3)29-11-6-2/h6-9,14H,2,5,10-12H2,1,3-4H3,(H,22,25). The van der Waals surface area contributed by atoms with Crippen LogP contribution < -0.4 is 20.3 Å². The number of thioether (sulfide) groups is 1. The number of benzene rings is 1. The number of hydrogen-bond acceptors (Lipinski definition) is 6. The molecule has 0 spiro atoms. The van der Waals surface area contributed by atoms with Gasteiger partial charge in [-0.05, 0) is 12.5 Å². The molecule has 1 aromatic carbocycles. The fourth-order valence-corrected chi connectivity index (χ4v) is 4.09. The van der Waals surface area contributed by atoms with Gasteiger partial charge in [0.15, 0.2) is 16.7 Å². The summed E-state index contributed by atoms with van der Waals surface area (Å²) in [5.41, 5.74) is 0.864. The van der Waals surface area contributed by atoms with Crippen LogP contribution in [0.2, 0.25) is 0 Å². The van der Waals surface area contributed by atoms with E-state index in [0.29, 0.717) is 40.4 Å². The van der Waals surface area contributed by atoms with Gasteiger partial charge < -0.3 is 19.4 Å². The van der Waals surface area contributed by atoms with Gasteiger partial charge >= 0.3 is 0 Å². The summed E-state index contributed by atoms with van der Waals surface area (Å²) < 4.78 is 13.2. The predicted molar refractivity (Wildman–Crippen MR) is 114 cm³/mol. The van der Waals surface area contributed by atoms with Crippen LogP contribution >= 0.6 is 11.8 Å². The van der Waals surface area contributed by atoms with Gasteiger partial charge in [-0.3, -0.25) is 9.59 Å². The van der Waals surface area contributed by atoms with Crippen LogP contribution in [0, 0.1) is 0 Å². The molecular formula is C21H25N3O4S. The lowest BCUT2D eigenvalue weighted by molar-refractivity contribution is -0.116. The first kappa shape index (κ1) is 21.0. The minimum absolute atomic E-state index is 0.138. The van der Waals surface area contributed by atoms with Crippen LogP contribution in [0.5, 0.6) is 11.5 Å². The Balaban J connectivity index is 2.17. The number of amides is 1.